The maximum atomic E-state index is 10.2. The van der Waals surface area contributed by atoms with Crippen molar-refractivity contribution in [2.45, 2.75) is 0 Å². The van der Waals surface area contributed by atoms with Gasteiger partial charge in [-0.25, -0.2) is 0 Å². The number of hydrogen-bond donors (Lipinski definition) is 3. The Bertz CT molecular complexity index is 280. The molecule has 0 amide bonds. The van der Waals surface area contributed by atoms with Gasteiger partial charge in [-0.3, -0.25) is 15.5 Å². The second kappa shape index (κ2) is 3.72. The standard InChI is InChI=1S/C5H6N4O2.ClH/c6-5(7)4-3(9(10)11)1-2-8-4;/h1-2,8H,(H3,6,7);1H. The largest absolute Gasteiger partial charge is 0.382 e. The van der Waals surface area contributed by atoms with Crippen LogP contribution < -0.4 is 5.73 Å². The number of halogens is 1. The third kappa shape index (κ3) is 1.73. The van der Waals surface area contributed by atoms with Gasteiger partial charge in [-0.15, -0.1) is 12.4 Å². The van der Waals surface area contributed by atoms with Crippen molar-refractivity contribution in [1.29, 1.82) is 5.41 Å². The van der Waals surface area contributed by atoms with Crippen molar-refractivity contribution in [3.8, 4) is 0 Å². The Morgan fingerprint density at radius 1 is 1.75 bits per heavy atom. The maximum absolute atomic E-state index is 10.2. The molecule has 0 bridgehead atoms. The number of aromatic amines is 1. The molecule has 7 heteroatoms. The second-order valence-electron chi connectivity index (χ2n) is 1.91. The molecule has 4 N–H and O–H groups in total. The normalized spacial score (nSPS) is 8.67. The summed E-state index contributed by atoms with van der Waals surface area (Å²) in [4.78, 5) is 12.1. The van der Waals surface area contributed by atoms with E-state index in [1.54, 1.807) is 0 Å². The van der Waals surface area contributed by atoms with Crippen molar-refractivity contribution in [2.24, 2.45) is 5.73 Å². The molecule has 66 valence electrons. The molecule has 0 aliphatic carbocycles. The number of nitrogen functional groups attached to an aromatic ring is 1. The van der Waals surface area contributed by atoms with Crippen LogP contribution in [-0.2, 0) is 0 Å². The van der Waals surface area contributed by atoms with E-state index in [0.717, 1.165) is 0 Å². The number of rotatable bonds is 2. The van der Waals surface area contributed by atoms with Crippen molar-refractivity contribution in [3.63, 3.8) is 0 Å². The predicted molar refractivity (Wildman–Crippen MR) is 45.7 cm³/mol. The molecule has 1 aromatic rings. The van der Waals surface area contributed by atoms with Gasteiger partial charge in [0.1, 0.15) is 5.84 Å². The summed E-state index contributed by atoms with van der Waals surface area (Å²) in [5.41, 5.74) is 4.93. The number of aromatic nitrogens is 1. The summed E-state index contributed by atoms with van der Waals surface area (Å²) < 4.78 is 0. The van der Waals surface area contributed by atoms with Crippen LogP contribution in [0.1, 0.15) is 5.69 Å². The van der Waals surface area contributed by atoms with E-state index < -0.39 is 4.92 Å². The SMILES string of the molecule is Cl.N=C(N)c1[nH]ccc1[N+](=O)[O-]. The van der Waals surface area contributed by atoms with Crippen molar-refractivity contribution in [2.75, 3.05) is 0 Å². The van der Waals surface area contributed by atoms with E-state index in [2.05, 4.69) is 4.98 Å². The highest BCUT2D eigenvalue weighted by molar-refractivity contribution is 5.96. The molecule has 1 aromatic heterocycles. The quantitative estimate of drug-likeness (QED) is 0.275. The van der Waals surface area contributed by atoms with Gasteiger partial charge in [0.05, 0.1) is 4.92 Å². The smallest absolute Gasteiger partial charge is 0.297 e. The lowest BCUT2D eigenvalue weighted by Gasteiger charge is -1.91. The van der Waals surface area contributed by atoms with Gasteiger partial charge >= 0.3 is 0 Å². The minimum atomic E-state index is -0.590. The molecule has 0 saturated carbocycles. The summed E-state index contributed by atoms with van der Waals surface area (Å²) in [6, 6.07) is 1.26. The lowest BCUT2D eigenvalue weighted by molar-refractivity contribution is -0.384. The first-order chi connectivity index (χ1) is 5.13. The van der Waals surface area contributed by atoms with E-state index >= 15 is 0 Å². The van der Waals surface area contributed by atoms with Gasteiger partial charge in [0.2, 0.25) is 0 Å². The molecule has 0 atom stereocenters. The van der Waals surface area contributed by atoms with Gasteiger partial charge < -0.3 is 10.7 Å². The zero-order chi connectivity index (χ0) is 8.43. The molecule has 12 heavy (non-hydrogen) atoms. The molecule has 0 spiro atoms. The van der Waals surface area contributed by atoms with Gasteiger partial charge in [-0.05, 0) is 0 Å². The minimum absolute atomic E-state index is 0. The van der Waals surface area contributed by atoms with E-state index in [1.165, 1.54) is 12.3 Å². The Hall–Kier alpha value is -1.56. The van der Waals surface area contributed by atoms with Gasteiger partial charge in [-0.1, -0.05) is 0 Å². The average molecular weight is 191 g/mol. The molecule has 6 nitrogen and oxygen atoms in total. The lowest BCUT2D eigenvalue weighted by atomic mass is 10.3. The number of nitro groups is 1. The molecule has 1 rings (SSSR count). The first-order valence-electron chi connectivity index (χ1n) is 2.79. The van der Waals surface area contributed by atoms with Crippen molar-refractivity contribution in [1.82, 2.24) is 4.98 Å². The van der Waals surface area contributed by atoms with Crippen LogP contribution in [-0.4, -0.2) is 15.7 Å². The highest BCUT2D eigenvalue weighted by atomic mass is 35.5. The third-order valence-electron chi connectivity index (χ3n) is 1.19. The van der Waals surface area contributed by atoms with Crippen LogP contribution in [0.5, 0.6) is 0 Å². The fourth-order valence-corrected chi connectivity index (χ4v) is 0.729. The van der Waals surface area contributed by atoms with Gasteiger partial charge in [-0.2, -0.15) is 0 Å². The van der Waals surface area contributed by atoms with Crippen LogP contribution >= 0.6 is 12.4 Å². The van der Waals surface area contributed by atoms with Crippen LogP contribution in [0.15, 0.2) is 12.3 Å². The summed E-state index contributed by atoms with van der Waals surface area (Å²) in [6.07, 6.45) is 1.37. The summed E-state index contributed by atoms with van der Waals surface area (Å²) in [7, 11) is 0. The van der Waals surface area contributed by atoms with E-state index in [4.69, 9.17) is 11.1 Å². The fourth-order valence-electron chi connectivity index (χ4n) is 0.729. The Kier molecular flexibility index (Phi) is 3.24. The number of nitrogens with two attached hydrogens (primary N) is 1. The first-order valence-corrected chi connectivity index (χ1v) is 2.79. The van der Waals surface area contributed by atoms with Crippen LogP contribution in [0.4, 0.5) is 5.69 Å². The number of nitrogens with one attached hydrogen (secondary N) is 2. The Labute approximate surface area is 73.8 Å². The Balaban J connectivity index is 0.00000121. The number of H-pyrrole nitrogens is 1. The molecular weight excluding hydrogens is 184 g/mol. The minimum Gasteiger partial charge on any atom is -0.382 e. The molecule has 0 fully saturated rings. The maximum Gasteiger partial charge on any atom is 0.297 e. The molecule has 0 radical (unpaired) electrons. The molecular formula is C5H7ClN4O2. The number of nitrogens with zero attached hydrogens (tertiary/aromatic N) is 1. The second-order valence-corrected chi connectivity index (χ2v) is 1.91. The first kappa shape index (κ1) is 10.4. The Morgan fingerprint density at radius 2 is 2.33 bits per heavy atom. The molecule has 0 aliphatic heterocycles. The van der Waals surface area contributed by atoms with Crippen LogP contribution in [0.2, 0.25) is 0 Å². The number of hydrogen-bond acceptors (Lipinski definition) is 3. The van der Waals surface area contributed by atoms with Crippen LogP contribution in [0, 0.1) is 15.5 Å². The monoisotopic (exact) mass is 190 g/mol. The molecule has 1 heterocycles. The van der Waals surface area contributed by atoms with Gasteiger partial charge in [0.15, 0.2) is 5.69 Å². The molecule has 0 saturated heterocycles. The van der Waals surface area contributed by atoms with Crippen molar-refractivity contribution < 1.29 is 4.92 Å². The molecule has 0 aromatic carbocycles. The number of amidine groups is 1. The zero-order valence-electron chi connectivity index (χ0n) is 5.90. The third-order valence-corrected chi connectivity index (χ3v) is 1.19. The fraction of sp³-hybridized carbons (Fsp3) is 0. The van der Waals surface area contributed by atoms with Gasteiger partial charge in [0.25, 0.3) is 5.69 Å². The predicted octanol–water partition coefficient (Wildman–Crippen LogP) is 0.629. The summed E-state index contributed by atoms with van der Waals surface area (Å²) in [6.45, 7) is 0. The zero-order valence-corrected chi connectivity index (χ0v) is 6.72. The molecule has 0 aliphatic rings. The summed E-state index contributed by atoms with van der Waals surface area (Å²) in [5, 5.41) is 17.1. The average Bonchev–Trinajstić information content (AvgIpc) is 2.32. The van der Waals surface area contributed by atoms with Crippen molar-refractivity contribution in [3.05, 3.63) is 28.1 Å². The van der Waals surface area contributed by atoms with E-state index in [1.807, 2.05) is 0 Å². The highest BCUT2D eigenvalue weighted by Crippen LogP contribution is 2.14. The topological polar surface area (TPSA) is 109 Å². The van der Waals surface area contributed by atoms with Crippen molar-refractivity contribution >= 4 is 23.9 Å². The van der Waals surface area contributed by atoms with Crippen LogP contribution in [0.25, 0.3) is 0 Å². The summed E-state index contributed by atoms with van der Waals surface area (Å²) in [5.74, 6) is -0.332. The highest BCUT2D eigenvalue weighted by Gasteiger charge is 2.15. The Morgan fingerprint density at radius 3 is 2.67 bits per heavy atom. The van der Waals surface area contributed by atoms with Crippen LogP contribution in [0.3, 0.4) is 0 Å². The van der Waals surface area contributed by atoms with E-state index in [9.17, 15) is 10.1 Å². The van der Waals surface area contributed by atoms with Gasteiger partial charge in [0, 0.05) is 12.3 Å². The lowest BCUT2D eigenvalue weighted by Crippen LogP contribution is -2.13. The van der Waals surface area contributed by atoms with E-state index in [-0.39, 0.29) is 29.6 Å². The molecule has 0 unspecified atom stereocenters. The summed E-state index contributed by atoms with van der Waals surface area (Å²) >= 11 is 0. The van der Waals surface area contributed by atoms with E-state index in [0.29, 0.717) is 0 Å².